The number of nitrogens with two attached hydrogens (primary N) is 1. The molecule has 118 valence electrons. The van der Waals surface area contributed by atoms with Crippen molar-refractivity contribution in [1.29, 1.82) is 0 Å². The van der Waals surface area contributed by atoms with E-state index in [1.165, 1.54) is 0 Å². The third-order valence-corrected chi connectivity index (χ3v) is 3.84. The van der Waals surface area contributed by atoms with Crippen molar-refractivity contribution in [3.05, 3.63) is 40.7 Å². The van der Waals surface area contributed by atoms with Gasteiger partial charge in [0.2, 0.25) is 11.9 Å². The van der Waals surface area contributed by atoms with Gasteiger partial charge in [0, 0.05) is 25.7 Å². The van der Waals surface area contributed by atoms with E-state index >= 15 is 0 Å². The molecule has 1 aromatic carbocycles. The molecular formula is C15H21ClN6. The molecule has 0 bridgehead atoms. The minimum Gasteiger partial charge on any atom is -0.368 e. The fourth-order valence-corrected chi connectivity index (χ4v) is 2.21. The maximum atomic E-state index is 6.22. The summed E-state index contributed by atoms with van der Waals surface area (Å²) in [6.07, 6.45) is 0. The first-order chi connectivity index (χ1) is 10.4. The number of hydrogen-bond donors (Lipinski definition) is 1. The van der Waals surface area contributed by atoms with Crippen molar-refractivity contribution in [3.8, 4) is 0 Å². The molecule has 0 saturated heterocycles. The third-order valence-electron chi connectivity index (χ3n) is 3.47. The molecule has 1 heterocycles. The Morgan fingerprint density at radius 1 is 1.14 bits per heavy atom. The summed E-state index contributed by atoms with van der Waals surface area (Å²) in [6, 6.07) is 7.79. The van der Waals surface area contributed by atoms with Crippen LogP contribution in [-0.2, 0) is 6.54 Å². The summed E-state index contributed by atoms with van der Waals surface area (Å²) in [6.45, 7) is 2.73. The summed E-state index contributed by atoms with van der Waals surface area (Å²) in [5.74, 6) is 1.43. The Bertz CT molecular complexity index is 646. The molecule has 6 nitrogen and oxygen atoms in total. The van der Waals surface area contributed by atoms with Crippen molar-refractivity contribution in [1.82, 2.24) is 19.9 Å². The van der Waals surface area contributed by atoms with Gasteiger partial charge in [-0.05, 0) is 25.6 Å². The van der Waals surface area contributed by atoms with E-state index in [1.807, 2.05) is 57.2 Å². The Labute approximate surface area is 135 Å². The smallest absolute Gasteiger partial charge is 0.229 e. The second kappa shape index (κ2) is 6.89. The van der Waals surface area contributed by atoms with Crippen molar-refractivity contribution in [2.45, 2.75) is 19.5 Å². The highest BCUT2D eigenvalue weighted by Crippen LogP contribution is 2.22. The summed E-state index contributed by atoms with van der Waals surface area (Å²) in [5.41, 5.74) is 6.85. The van der Waals surface area contributed by atoms with Crippen LogP contribution >= 0.6 is 11.6 Å². The van der Waals surface area contributed by atoms with E-state index in [-0.39, 0.29) is 12.0 Å². The van der Waals surface area contributed by atoms with Crippen molar-refractivity contribution in [2.75, 3.05) is 31.8 Å². The number of aromatic nitrogens is 3. The Kier molecular flexibility index (Phi) is 5.15. The second-order valence-electron chi connectivity index (χ2n) is 5.43. The summed E-state index contributed by atoms with van der Waals surface area (Å²) in [7, 11) is 5.75. The first-order valence-electron chi connectivity index (χ1n) is 7.01. The van der Waals surface area contributed by atoms with E-state index in [4.69, 9.17) is 17.3 Å². The molecule has 0 unspecified atom stereocenters. The van der Waals surface area contributed by atoms with Gasteiger partial charge in [0.05, 0.1) is 6.04 Å². The topological polar surface area (TPSA) is 71.2 Å². The average molecular weight is 321 g/mol. The zero-order valence-corrected chi connectivity index (χ0v) is 14.0. The standard InChI is InChI=1S/C15H21ClN6/c1-10(13-18-14(17)20-15(19-13)21(2)3)22(4)9-11-7-5-6-8-12(11)16/h5-8,10H,9H2,1-4H3,(H2,17,18,19,20)/t10-/m0/s1. The number of rotatable bonds is 5. The molecule has 2 N–H and O–H groups in total. The number of anilines is 2. The largest absolute Gasteiger partial charge is 0.368 e. The lowest BCUT2D eigenvalue weighted by atomic mass is 10.2. The predicted molar refractivity (Wildman–Crippen MR) is 89.9 cm³/mol. The van der Waals surface area contributed by atoms with Crippen LogP contribution in [0.15, 0.2) is 24.3 Å². The number of hydrogen-bond acceptors (Lipinski definition) is 6. The molecule has 1 atom stereocenters. The van der Waals surface area contributed by atoms with Crippen LogP contribution in [0.3, 0.4) is 0 Å². The molecule has 0 saturated carbocycles. The van der Waals surface area contributed by atoms with Crippen LogP contribution in [0.25, 0.3) is 0 Å². The zero-order chi connectivity index (χ0) is 16.3. The molecule has 0 amide bonds. The molecule has 7 heteroatoms. The first-order valence-corrected chi connectivity index (χ1v) is 7.38. The fraction of sp³-hybridized carbons (Fsp3) is 0.400. The minimum absolute atomic E-state index is 0.0136. The normalized spacial score (nSPS) is 12.5. The predicted octanol–water partition coefficient (Wildman–Crippen LogP) is 2.37. The van der Waals surface area contributed by atoms with E-state index in [2.05, 4.69) is 19.9 Å². The van der Waals surface area contributed by atoms with Gasteiger partial charge in [-0.15, -0.1) is 0 Å². The Morgan fingerprint density at radius 2 is 1.82 bits per heavy atom. The van der Waals surface area contributed by atoms with Gasteiger partial charge in [0.15, 0.2) is 5.82 Å². The Morgan fingerprint density at radius 3 is 2.45 bits per heavy atom. The van der Waals surface area contributed by atoms with Crippen LogP contribution < -0.4 is 10.6 Å². The van der Waals surface area contributed by atoms with E-state index < -0.39 is 0 Å². The fourth-order valence-electron chi connectivity index (χ4n) is 2.01. The molecule has 0 aliphatic rings. The monoisotopic (exact) mass is 320 g/mol. The van der Waals surface area contributed by atoms with Gasteiger partial charge >= 0.3 is 0 Å². The van der Waals surface area contributed by atoms with Gasteiger partial charge < -0.3 is 10.6 Å². The van der Waals surface area contributed by atoms with Gasteiger partial charge in [-0.25, -0.2) is 0 Å². The highest BCUT2D eigenvalue weighted by molar-refractivity contribution is 6.31. The summed E-state index contributed by atoms with van der Waals surface area (Å²) in [4.78, 5) is 16.8. The molecular weight excluding hydrogens is 300 g/mol. The lowest BCUT2D eigenvalue weighted by Gasteiger charge is -2.24. The molecule has 0 spiro atoms. The molecule has 2 aromatic rings. The Balaban J connectivity index is 2.20. The van der Waals surface area contributed by atoms with Gasteiger partial charge in [0.1, 0.15) is 0 Å². The van der Waals surface area contributed by atoms with Crippen LogP contribution in [0.5, 0.6) is 0 Å². The highest BCUT2D eigenvalue weighted by Gasteiger charge is 2.18. The zero-order valence-electron chi connectivity index (χ0n) is 13.3. The summed E-state index contributed by atoms with van der Waals surface area (Å²) in [5, 5.41) is 0.755. The lowest BCUT2D eigenvalue weighted by molar-refractivity contribution is 0.243. The van der Waals surface area contributed by atoms with Crippen molar-refractivity contribution >= 4 is 23.5 Å². The summed E-state index contributed by atoms with van der Waals surface area (Å²) >= 11 is 6.22. The molecule has 22 heavy (non-hydrogen) atoms. The van der Waals surface area contributed by atoms with Gasteiger partial charge in [-0.3, -0.25) is 4.90 Å². The Hall–Kier alpha value is -1.92. The molecule has 0 aliphatic heterocycles. The van der Waals surface area contributed by atoms with Crippen LogP contribution in [0.4, 0.5) is 11.9 Å². The number of nitrogen functional groups attached to an aromatic ring is 1. The van der Waals surface area contributed by atoms with Gasteiger partial charge in [0.25, 0.3) is 0 Å². The quantitative estimate of drug-likeness (QED) is 0.912. The highest BCUT2D eigenvalue weighted by atomic mass is 35.5. The average Bonchev–Trinajstić information content (AvgIpc) is 2.48. The number of halogens is 1. The maximum absolute atomic E-state index is 6.22. The lowest BCUT2D eigenvalue weighted by Crippen LogP contribution is -2.25. The number of benzene rings is 1. The maximum Gasteiger partial charge on any atom is 0.229 e. The van der Waals surface area contributed by atoms with Gasteiger partial charge in [-0.1, -0.05) is 29.8 Å². The van der Waals surface area contributed by atoms with E-state index in [0.29, 0.717) is 18.3 Å². The van der Waals surface area contributed by atoms with Crippen molar-refractivity contribution in [3.63, 3.8) is 0 Å². The molecule has 1 aromatic heterocycles. The van der Waals surface area contributed by atoms with E-state index in [1.54, 1.807) is 0 Å². The first kappa shape index (κ1) is 16.5. The summed E-state index contributed by atoms with van der Waals surface area (Å²) < 4.78 is 0. The molecule has 2 rings (SSSR count). The molecule has 0 fully saturated rings. The van der Waals surface area contributed by atoms with Crippen LogP contribution in [-0.4, -0.2) is 41.0 Å². The van der Waals surface area contributed by atoms with Crippen molar-refractivity contribution in [2.24, 2.45) is 0 Å². The third kappa shape index (κ3) is 3.84. The van der Waals surface area contributed by atoms with Crippen LogP contribution in [0, 0.1) is 0 Å². The second-order valence-corrected chi connectivity index (χ2v) is 5.84. The number of nitrogens with zero attached hydrogens (tertiary/aromatic N) is 5. The van der Waals surface area contributed by atoms with E-state index in [0.717, 1.165) is 10.6 Å². The van der Waals surface area contributed by atoms with Crippen LogP contribution in [0.2, 0.25) is 5.02 Å². The van der Waals surface area contributed by atoms with E-state index in [9.17, 15) is 0 Å². The SMILES string of the molecule is C[C@@H](c1nc(N)nc(N(C)C)n1)N(C)Cc1ccccc1Cl. The van der Waals surface area contributed by atoms with Gasteiger partial charge in [-0.2, -0.15) is 15.0 Å². The molecule has 0 aliphatic carbocycles. The van der Waals surface area contributed by atoms with Crippen molar-refractivity contribution < 1.29 is 0 Å². The molecule has 0 radical (unpaired) electrons. The minimum atomic E-state index is -0.0136. The van der Waals surface area contributed by atoms with Crippen LogP contribution in [0.1, 0.15) is 24.4 Å².